The molecule has 12 heavy (non-hydrogen) atoms. The molecule has 0 aliphatic carbocycles. The topological polar surface area (TPSA) is 0 Å². The van der Waals surface area contributed by atoms with E-state index in [1.807, 2.05) is 0 Å². The van der Waals surface area contributed by atoms with E-state index in [4.69, 9.17) is 46.4 Å². The molecule has 0 saturated heterocycles. The molecule has 0 aliphatic heterocycles. The van der Waals surface area contributed by atoms with Gasteiger partial charge in [-0.1, -0.05) is 17.7 Å². The summed E-state index contributed by atoms with van der Waals surface area (Å²) in [5, 5.41) is 0.642. The van der Waals surface area contributed by atoms with Crippen LogP contribution in [0, 0.1) is 0 Å². The van der Waals surface area contributed by atoms with E-state index in [-0.39, 0.29) is 0 Å². The summed E-state index contributed by atoms with van der Waals surface area (Å²) in [6.45, 7) is 0. The third-order valence-corrected chi connectivity index (χ3v) is 2.48. The Kier molecular flexibility index (Phi) is 3.98. The molecule has 0 radical (unpaired) electrons. The molecule has 0 bridgehead atoms. The summed E-state index contributed by atoms with van der Waals surface area (Å²) < 4.78 is 0. The lowest BCUT2D eigenvalue weighted by Gasteiger charge is -2.07. The summed E-state index contributed by atoms with van der Waals surface area (Å²) in [5.41, 5.74) is 1.69. The van der Waals surface area contributed by atoms with Crippen molar-refractivity contribution in [2.24, 2.45) is 0 Å². The lowest BCUT2D eigenvalue weighted by atomic mass is 10.1. The molecule has 0 amide bonds. The van der Waals surface area contributed by atoms with Crippen LogP contribution >= 0.6 is 46.4 Å². The summed E-state index contributed by atoms with van der Waals surface area (Å²) in [6.07, 6.45) is 0. The van der Waals surface area contributed by atoms with Crippen LogP contribution in [0.3, 0.4) is 0 Å². The van der Waals surface area contributed by atoms with Crippen molar-refractivity contribution in [2.75, 3.05) is 0 Å². The number of halogens is 4. The van der Waals surface area contributed by atoms with E-state index in [9.17, 15) is 0 Å². The van der Waals surface area contributed by atoms with E-state index in [0.717, 1.165) is 11.1 Å². The van der Waals surface area contributed by atoms with Crippen LogP contribution in [-0.2, 0) is 5.88 Å². The van der Waals surface area contributed by atoms with Crippen molar-refractivity contribution in [1.82, 2.24) is 0 Å². The Bertz CT molecular complexity index is 270. The van der Waals surface area contributed by atoms with Gasteiger partial charge in [0, 0.05) is 10.9 Å². The maximum Gasteiger partial charge on any atom is 0.133 e. The molecule has 66 valence electrons. The van der Waals surface area contributed by atoms with Crippen LogP contribution in [0.2, 0.25) is 5.02 Å². The maximum atomic E-state index is 5.76. The van der Waals surface area contributed by atoms with Crippen LogP contribution in [0.1, 0.15) is 16.0 Å². The highest BCUT2D eigenvalue weighted by atomic mass is 35.5. The third-order valence-electron chi connectivity index (χ3n) is 1.48. The van der Waals surface area contributed by atoms with E-state index < -0.39 is 4.84 Å². The molecule has 0 atom stereocenters. The first kappa shape index (κ1) is 10.5. The lowest BCUT2D eigenvalue weighted by Crippen LogP contribution is -1.89. The Morgan fingerprint density at radius 2 is 1.92 bits per heavy atom. The molecule has 1 rings (SSSR count). The van der Waals surface area contributed by atoms with Crippen LogP contribution in [-0.4, -0.2) is 0 Å². The Morgan fingerprint density at radius 3 is 2.42 bits per heavy atom. The second-order valence-corrected chi connectivity index (χ2v) is 4.08. The van der Waals surface area contributed by atoms with Gasteiger partial charge < -0.3 is 0 Å². The fourth-order valence-corrected chi connectivity index (χ4v) is 1.75. The maximum absolute atomic E-state index is 5.76. The molecule has 0 aromatic heterocycles. The molecule has 4 heteroatoms. The molecule has 0 fully saturated rings. The second kappa shape index (κ2) is 4.57. The van der Waals surface area contributed by atoms with Gasteiger partial charge in [-0.05, 0) is 23.3 Å². The van der Waals surface area contributed by atoms with Gasteiger partial charge in [-0.25, -0.2) is 0 Å². The highest BCUT2D eigenvalue weighted by molar-refractivity contribution is 6.44. The van der Waals surface area contributed by atoms with Crippen LogP contribution in [0.5, 0.6) is 0 Å². The van der Waals surface area contributed by atoms with Gasteiger partial charge in [0.25, 0.3) is 0 Å². The predicted octanol–water partition coefficient (Wildman–Crippen LogP) is 4.56. The number of alkyl halides is 3. The zero-order valence-corrected chi connectivity index (χ0v) is 9.05. The molecule has 0 nitrogen and oxygen atoms in total. The van der Waals surface area contributed by atoms with E-state index in [2.05, 4.69) is 0 Å². The summed E-state index contributed by atoms with van der Waals surface area (Å²) in [4.78, 5) is -0.545. The van der Waals surface area contributed by atoms with E-state index in [0.29, 0.717) is 10.9 Å². The minimum atomic E-state index is -0.545. The number of rotatable bonds is 2. The zero-order chi connectivity index (χ0) is 9.14. The largest absolute Gasteiger partial charge is 0.133 e. The normalized spacial score (nSPS) is 10.8. The van der Waals surface area contributed by atoms with Crippen molar-refractivity contribution in [3.63, 3.8) is 0 Å². The third kappa shape index (κ3) is 2.43. The van der Waals surface area contributed by atoms with Crippen molar-refractivity contribution >= 4 is 46.4 Å². The van der Waals surface area contributed by atoms with Gasteiger partial charge in [-0.2, -0.15) is 0 Å². The van der Waals surface area contributed by atoms with Crippen molar-refractivity contribution in [2.45, 2.75) is 10.7 Å². The van der Waals surface area contributed by atoms with Crippen LogP contribution in [0.25, 0.3) is 0 Å². The average molecular weight is 244 g/mol. The first-order valence-corrected chi connectivity index (χ1v) is 5.06. The minimum absolute atomic E-state index is 0.367. The molecule has 1 aromatic carbocycles. The smallest absolute Gasteiger partial charge is 0.122 e. The quantitative estimate of drug-likeness (QED) is 0.669. The van der Waals surface area contributed by atoms with Gasteiger partial charge in [-0.15, -0.1) is 34.8 Å². The van der Waals surface area contributed by atoms with Gasteiger partial charge in [-0.3, -0.25) is 0 Å². The molecule has 0 aliphatic rings. The van der Waals surface area contributed by atoms with Crippen LogP contribution in [0.4, 0.5) is 0 Å². The molecule has 0 N–H and O–H groups in total. The average Bonchev–Trinajstić information content (AvgIpc) is 2.03. The van der Waals surface area contributed by atoms with E-state index >= 15 is 0 Å². The fourth-order valence-electron chi connectivity index (χ4n) is 0.903. The van der Waals surface area contributed by atoms with Gasteiger partial charge in [0.15, 0.2) is 0 Å². The standard InChI is InChI=1S/C8H6Cl4/c9-4-5-3-6(10)1-2-7(5)8(11)12/h1-3,8H,4H2. The summed E-state index contributed by atoms with van der Waals surface area (Å²) in [5.74, 6) is 0.367. The zero-order valence-electron chi connectivity index (χ0n) is 6.03. The highest BCUT2D eigenvalue weighted by Gasteiger charge is 2.08. The molecule has 0 heterocycles. The van der Waals surface area contributed by atoms with Gasteiger partial charge in [0.2, 0.25) is 0 Å². The number of hydrogen-bond donors (Lipinski definition) is 0. The monoisotopic (exact) mass is 242 g/mol. The van der Waals surface area contributed by atoms with Gasteiger partial charge >= 0.3 is 0 Å². The first-order chi connectivity index (χ1) is 5.65. The number of hydrogen-bond acceptors (Lipinski definition) is 0. The summed E-state index contributed by atoms with van der Waals surface area (Å²) in [7, 11) is 0. The van der Waals surface area contributed by atoms with Crippen molar-refractivity contribution in [3.05, 3.63) is 34.3 Å². The second-order valence-electron chi connectivity index (χ2n) is 2.28. The first-order valence-electron chi connectivity index (χ1n) is 3.27. The van der Waals surface area contributed by atoms with E-state index in [1.54, 1.807) is 18.2 Å². The molecule has 1 aromatic rings. The van der Waals surface area contributed by atoms with Crippen molar-refractivity contribution in [3.8, 4) is 0 Å². The summed E-state index contributed by atoms with van der Waals surface area (Å²) in [6, 6.07) is 5.29. The predicted molar refractivity (Wildman–Crippen MR) is 55.5 cm³/mol. The van der Waals surface area contributed by atoms with Crippen LogP contribution < -0.4 is 0 Å². The van der Waals surface area contributed by atoms with Gasteiger partial charge in [0.1, 0.15) is 4.84 Å². The number of benzene rings is 1. The minimum Gasteiger partial charge on any atom is -0.122 e. The Morgan fingerprint density at radius 1 is 1.25 bits per heavy atom. The van der Waals surface area contributed by atoms with Crippen LogP contribution in [0.15, 0.2) is 18.2 Å². The van der Waals surface area contributed by atoms with E-state index in [1.165, 1.54) is 0 Å². The summed E-state index contributed by atoms with van der Waals surface area (Å²) >= 11 is 22.8. The Balaban J connectivity index is 3.11. The molecular weight excluding hydrogens is 238 g/mol. The molecular formula is C8H6Cl4. The molecule has 0 spiro atoms. The molecule has 0 unspecified atom stereocenters. The van der Waals surface area contributed by atoms with Crippen molar-refractivity contribution < 1.29 is 0 Å². The molecule has 0 saturated carbocycles. The van der Waals surface area contributed by atoms with Crippen molar-refractivity contribution in [1.29, 1.82) is 0 Å². The highest BCUT2D eigenvalue weighted by Crippen LogP contribution is 2.30. The fraction of sp³-hybridized carbons (Fsp3) is 0.250. The van der Waals surface area contributed by atoms with Gasteiger partial charge in [0.05, 0.1) is 0 Å². The Hall–Kier alpha value is 0.380. The lowest BCUT2D eigenvalue weighted by molar-refractivity contribution is 1.24. The Labute approximate surface area is 91.4 Å². The SMILES string of the molecule is ClCc1cc(Cl)ccc1C(Cl)Cl.